The summed E-state index contributed by atoms with van der Waals surface area (Å²) in [6.45, 7) is 4.65. The van der Waals surface area contributed by atoms with Crippen LogP contribution in [0.25, 0.3) is 0 Å². The molecular weight excluding hydrogens is 229 g/mol. The zero-order valence-corrected chi connectivity index (χ0v) is 10.4. The molecule has 0 saturated heterocycles. The van der Waals surface area contributed by atoms with Gasteiger partial charge in [0.1, 0.15) is 11.6 Å². The van der Waals surface area contributed by atoms with Crippen LogP contribution < -0.4 is 0 Å². The minimum atomic E-state index is -0.379. The Morgan fingerprint density at radius 2 is 2.17 bits per heavy atom. The highest BCUT2D eigenvalue weighted by Crippen LogP contribution is 2.15. The fraction of sp³-hybridized carbons (Fsp3) is 0.286. The number of hydrogen-bond acceptors (Lipinski definition) is 2. The van der Waals surface area contributed by atoms with Crippen LogP contribution in [-0.4, -0.2) is 9.55 Å². The van der Waals surface area contributed by atoms with Gasteiger partial charge in [0.25, 0.3) is 0 Å². The Morgan fingerprint density at radius 1 is 1.39 bits per heavy atom. The average molecular weight is 243 g/mol. The number of benzene rings is 1. The monoisotopic (exact) mass is 243 g/mol. The van der Waals surface area contributed by atoms with E-state index in [9.17, 15) is 4.39 Å². The topological polar surface area (TPSA) is 41.6 Å². The molecule has 0 atom stereocenters. The van der Waals surface area contributed by atoms with Gasteiger partial charge in [-0.1, -0.05) is 13.8 Å². The SMILES string of the molecule is CC(C)c1nccn1Cc1cc(F)cc(C#N)c1. The van der Waals surface area contributed by atoms with Crippen LogP contribution in [0.5, 0.6) is 0 Å². The Bertz CT molecular complexity index is 593. The predicted molar refractivity (Wildman–Crippen MR) is 66.5 cm³/mol. The van der Waals surface area contributed by atoms with E-state index in [2.05, 4.69) is 18.8 Å². The number of rotatable bonds is 3. The molecular formula is C14H14FN3. The standard InChI is InChI=1S/C14H14FN3/c1-10(2)14-17-3-4-18(14)9-12-5-11(8-16)6-13(15)7-12/h3-7,10H,9H2,1-2H3. The highest BCUT2D eigenvalue weighted by Gasteiger charge is 2.08. The van der Waals surface area contributed by atoms with Crippen molar-refractivity contribution in [2.75, 3.05) is 0 Å². The van der Waals surface area contributed by atoms with Crippen LogP contribution in [0.4, 0.5) is 4.39 Å². The van der Waals surface area contributed by atoms with Crippen molar-refractivity contribution in [2.24, 2.45) is 0 Å². The van der Waals surface area contributed by atoms with Crippen molar-refractivity contribution >= 4 is 0 Å². The predicted octanol–water partition coefficient (Wildman–Crippen LogP) is 3.07. The molecule has 1 aromatic heterocycles. The third-order valence-corrected chi connectivity index (χ3v) is 2.70. The highest BCUT2D eigenvalue weighted by atomic mass is 19.1. The lowest BCUT2D eigenvalue weighted by Crippen LogP contribution is -2.06. The van der Waals surface area contributed by atoms with Crippen molar-refractivity contribution in [3.8, 4) is 6.07 Å². The van der Waals surface area contributed by atoms with Crippen LogP contribution in [0.3, 0.4) is 0 Å². The summed E-state index contributed by atoms with van der Waals surface area (Å²) in [5.41, 5.74) is 1.11. The normalized spacial score (nSPS) is 10.6. The van der Waals surface area contributed by atoms with Gasteiger partial charge in [-0.05, 0) is 23.8 Å². The quantitative estimate of drug-likeness (QED) is 0.831. The first-order valence-electron chi connectivity index (χ1n) is 5.80. The molecule has 0 aliphatic rings. The summed E-state index contributed by atoms with van der Waals surface area (Å²) in [6.07, 6.45) is 3.60. The van der Waals surface area contributed by atoms with Gasteiger partial charge in [-0.25, -0.2) is 9.37 Å². The van der Waals surface area contributed by atoms with Gasteiger partial charge >= 0.3 is 0 Å². The van der Waals surface area contributed by atoms with Crippen LogP contribution in [0, 0.1) is 17.1 Å². The van der Waals surface area contributed by atoms with Crippen molar-refractivity contribution in [3.05, 3.63) is 53.4 Å². The molecule has 0 N–H and O–H groups in total. The molecule has 0 unspecified atom stereocenters. The van der Waals surface area contributed by atoms with Crippen LogP contribution in [-0.2, 0) is 6.54 Å². The molecule has 0 saturated carbocycles. The maximum absolute atomic E-state index is 13.3. The summed E-state index contributed by atoms with van der Waals surface area (Å²) >= 11 is 0. The molecule has 0 bridgehead atoms. The number of imidazole rings is 1. The highest BCUT2D eigenvalue weighted by molar-refractivity contribution is 5.33. The van der Waals surface area contributed by atoms with Crippen LogP contribution in [0.2, 0.25) is 0 Å². The van der Waals surface area contributed by atoms with E-state index in [1.807, 2.05) is 16.8 Å². The first kappa shape index (κ1) is 12.3. The second-order valence-corrected chi connectivity index (χ2v) is 4.53. The van der Waals surface area contributed by atoms with E-state index in [0.29, 0.717) is 18.0 Å². The van der Waals surface area contributed by atoms with Crippen LogP contribution in [0.1, 0.15) is 36.7 Å². The molecule has 18 heavy (non-hydrogen) atoms. The minimum absolute atomic E-state index is 0.309. The molecule has 0 amide bonds. The van der Waals surface area contributed by atoms with Crippen molar-refractivity contribution in [3.63, 3.8) is 0 Å². The molecule has 0 fully saturated rings. The average Bonchev–Trinajstić information content (AvgIpc) is 2.76. The molecule has 2 rings (SSSR count). The summed E-state index contributed by atoms with van der Waals surface area (Å²) in [7, 11) is 0. The van der Waals surface area contributed by atoms with Gasteiger partial charge in [-0.15, -0.1) is 0 Å². The molecule has 0 spiro atoms. The molecule has 4 heteroatoms. The van der Waals surface area contributed by atoms with Gasteiger partial charge in [0.15, 0.2) is 0 Å². The number of aromatic nitrogens is 2. The Kier molecular flexibility index (Phi) is 3.42. The van der Waals surface area contributed by atoms with Gasteiger partial charge < -0.3 is 4.57 Å². The summed E-state index contributed by atoms with van der Waals surface area (Å²) in [6, 6.07) is 6.35. The molecule has 0 radical (unpaired) electrons. The van der Waals surface area contributed by atoms with Gasteiger partial charge in [0.2, 0.25) is 0 Å². The largest absolute Gasteiger partial charge is 0.330 e. The second-order valence-electron chi connectivity index (χ2n) is 4.53. The van der Waals surface area contributed by atoms with E-state index in [1.54, 1.807) is 12.3 Å². The molecule has 1 heterocycles. The molecule has 1 aromatic carbocycles. The lowest BCUT2D eigenvalue weighted by atomic mass is 10.1. The lowest BCUT2D eigenvalue weighted by Gasteiger charge is -2.10. The van der Waals surface area contributed by atoms with Crippen molar-refractivity contribution in [2.45, 2.75) is 26.3 Å². The van der Waals surface area contributed by atoms with E-state index in [1.165, 1.54) is 12.1 Å². The summed E-state index contributed by atoms with van der Waals surface area (Å²) in [5, 5.41) is 8.82. The third kappa shape index (κ3) is 2.57. The maximum Gasteiger partial charge on any atom is 0.124 e. The minimum Gasteiger partial charge on any atom is -0.330 e. The number of hydrogen-bond donors (Lipinski definition) is 0. The molecule has 0 aliphatic heterocycles. The third-order valence-electron chi connectivity index (χ3n) is 2.70. The molecule has 2 aromatic rings. The fourth-order valence-electron chi connectivity index (χ4n) is 1.96. The van der Waals surface area contributed by atoms with Crippen LogP contribution >= 0.6 is 0 Å². The first-order chi connectivity index (χ1) is 8.60. The number of nitriles is 1. The number of halogens is 1. The van der Waals surface area contributed by atoms with E-state index in [-0.39, 0.29) is 5.82 Å². The zero-order valence-electron chi connectivity index (χ0n) is 10.4. The second kappa shape index (κ2) is 5.01. The summed E-state index contributed by atoms with van der Waals surface area (Å²) in [4.78, 5) is 4.28. The van der Waals surface area contributed by atoms with Gasteiger partial charge in [0.05, 0.1) is 11.6 Å². The first-order valence-corrected chi connectivity index (χ1v) is 5.80. The number of nitrogens with zero attached hydrogens (tertiary/aromatic N) is 3. The maximum atomic E-state index is 13.3. The smallest absolute Gasteiger partial charge is 0.124 e. The Hall–Kier alpha value is -2.15. The lowest BCUT2D eigenvalue weighted by molar-refractivity contribution is 0.619. The van der Waals surface area contributed by atoms with E-state index < -0.39 is 0 Å². The van der Waals surface area contributed by atoms with Gasteiger partial charge in [-0.2, -0.15) is 5.26 Å². The molecule has 3 nitrogen and oxygen atoms in total. The molecule has 92 valence electrons. The van der Waals surface area contributed by atoms with Crippen molar-refractivity contribution < 1.29 is 4.39 Å². The Balaban J connectivity index is 2.31. The Morgan fingerprint density at radius 3 is 2.83 bits per heavy atom. The van der Waals surface area contributed by atoms with Crippen molar-refractivity contribution in [1.29, 1.82) is 5.26 Å². The van der Waals surface area contributed by atoms with E-state index in [0.717, 1.165) is 11.4 Å². The van der Waals surface area contributed by atoms with Gasteiger partial charge in [0, 0.05) is 24.9 Å². The fourth-order valence-corrected chi connectivity index (χ4v) is 1.96. The van der Waals surface area contributed by atoms with E-state index >= 15 is 0 Å². The van der Waals surface area contributed by atoms with Crippen molar-refractivity contribution in [1.82, 2.24) is 9.55 Å². The summed E-state index contributed by atoms with van der Waals surface area (Å²) in [5.74, 6) is 0.886. The zero-order chi connectivity index (χ0) is 13.1. The van der Waals surface area contributed by atoms with Gasteiger partial charge in [-0.3, -0.25) is 0 Å². The Labute approximate surface area is 106 Å². The van der Waals surface area contributed by atoms with Crippen LogP contribution in [0.15, 0.2) is 30.6 Å². The summed E-state index contributed by atoms with van der Waals surface area (Å²) < 4.78 is 15.3. The molecule has 0 aliphatic carbocycles. The van der Waals surface area contributed by atoms with E-state index in [4.69, 9.17) is 5.26 Å².